The molecule has 0 aliphatic rings. The third-order valence-electron chi connectivity index (χ3n) is 2.83. The van der Waals surface area contributed by atoms with E-state index in [4.69, 9.17) is 0 Å². The van der Waals surface area contributed by atoms with Gasteiger partial charge in [0.25, 0.3) is 0 Å². The van der Waals surface area contributed by atoms with E-state index in [0.29, 0.717) is 5.92 Å². The Balaban J connectivity index is 3.50. The van der Waals surface area contributed by atoms with Crippen LogP contribution in [0.4, 0.5) is 0 Å². The highest BCUT2D eigenvalue weighted by Gasteiger charge is 2.19. The van der Waals surface area contributed by atoms with E-state index in [0.717, 1.165) is 19.3 Å². The summed E-state index contributed by atoms with van der Waals surface area (Å²) < 4.78 is 0. The van der Waals surface area contributed by atoms with Gasteiger partial charge < -0.3 is 5.11 Å². The number of aliphatic hydroxyl groups is 1. The molecule has 0 bridgehead atoms. The minimum atomic E-state index is -0.419. The van der Waals surface area contributed by atoms with Crippen LogP contribution in [0.15, 0.2) is 0 Å². The van der Waals surface area contributed by atoms with Crippen LogP contribution in [0.2, 0.25) is 0 Å². The Morgan fingerprint density at radius 2 is 1.71 bits per heavy atom. The van der Waals surface area contributed by atoms with Crippen molar-refractivity contribution in [2.75, 3.05) is 0 Å². The van der Waals surface area contributed by atoms with Crippen molar-refractivity contribution in [1.29, 1.82) is 0 Å². The van der Waals surface area contributed by atoms with Gasteiger partial charge in [-0.1, -0.05) is 46.5 Å². The quantitative estimate of drug-likeness (QED) is 0.584. The average molecular weight is 200 g/mol. The van der Waals surface area contributed by atoms with E-state index in [-0.39, 0.29) is 0 Å². The lowest BCUT2D eigenvalue weighted by atomic mass is 9.90. The van der Waals surface area contributed by atoms with Gasteiger partial charge in [0.1, 0.15) is 0 Å². The molecule has 0 unspecified atom stereocenters. The highest BCUT2D eigenvalue weighted by atomic mass is 16.3. The van der Waals surface area contributed by atoms with E-state index in [2.05, 4.69) is 20.8 Å². The standard InChI is InChI=1S/C13H28O/c1-5-6-7-8-10-13(4,14)11-9-12(2)3/h12,14H,5-11H2,1-4H3/t13-/m1/s1. The Morgan fingerprint density at radius 1 is 1.07 bits per heavy atom. The molecule has 0 amide bonds. The number of hydrogen-bond acceptors (Lipinski definition) is 1. The van der Waals surface area contributed by atoms with Gasteiger partial charge >= 0.3 is 0 Å². The van der Waals surface area contributed by atoms with Gasteiger partial charge in [0.2, 0.25) is 0 Å². The molecule has 0 saturated carbocycles. The Kier molecular flexibility index (Phi) is 7.26. The van der Waals surface area contributed by atoms with Gasteiger partial charge in [-0.2, -0.15) is 0 Å². The fourth-order valence-electron chi connectivity index (χ4n) is 1.66. The van der Waals surface area contributed by atoms with Gasteiger partial charge in [-0.3, -0.25) is 0 Å². The smallest absolute Gasteiger partial charge is 0.0619 e. The lowest BCUT2D eigenvalue weighted by molar-refractivity contribution is 0.0341. The molecule has 1 N–H and O–H groups in total. The van der Waals surface area contributed by atoms with Crippen molar-refractivity contribution in [2.45, 2.75) is 78.2 Å². The van der Waals surface area contributed by atoms with E-state index in [9.17, 15) is 5.11 Å². The fourth-order valence-corrected chi connectivity index (χ4v) is 1.66. The molecule has 0 aliphatic carbocycles. The summed E-state index contributed by atoms with van der Waals surface area (Å²) in [5, 5.41) is 10.1. The molecule has 0 fully saturated rings. The maximum atomic E-state index is 10.1. The minimum Gasteiger partial charge on any atom is -0.390 e. The van der Waals surface area contributed by atoms with Crippen molar-refractivity contribution in [3.63, 3.8) is 0 Å². The summed E-state index contributed by atoms with van der Waals surface area (Å²) in [5.41, 5.74) is -0.419. The van der Waals surface area contributed by atoms with E-state index in [1.54, 1.807) is 0 Å². The zero-order valence-electron chi connectivity index (χ0n) is 10.5. The predicted molar refractivity (Wildman–Crippen MR) is 63.5 cm³/mol. The average Bonchev–Trinajstić information content (AvgIpc) is 2.10. The van der Waals surface area contributed by atoms with Crippen LogP contribution >= 0.6 is 0 Å². The van der Waals surface area contributed by atoms with E-state index in [1.165, 1.54) is 25.7 Å². The summed E-state index contributed by atoms with van der Waals surface area (Å²) in [5.74, 6) is 0.706. The van der Waals surface area contributed by atoms with Crippen LogP contribution in [0.5, 0.6) is 0 Å². The van der Waals surface area contributed by atoms with Crippen molar-refractivity contribution in [1.82, 2.24) is 0 Å². The first-order valence-corrected chi connectivity index (χ1v) is 6.20. The second kappa shape index (κ2) is 7.28. The Hall–Kier alpha value is -0.0400. The lowest BCUT2D eigenvalue weighted by Gasteiger charge is -2.24. The summed E-state index contributed by atoms with van der Waals surface area (Å²) in [4.78, 5) is 0. The summed E-state index contributed by atoms with van der Waals surface area (Å²) >= 11 is 0. The maximum absolute atomic E-state index is 10.1. The summed E-state index contributed by atoms with van der Waals surface area (Å²) in [6.45, 7) is 8.64. The molecule has 0 aliphatic heterocycles. The van der Waals surface area contributed by atoms with Crippen LogP contribution in [-0.4, -0.2) is 10.7 Å². The molecule has 0 aromatic heterocycles. The second-order valence-electron chi connectivity index (χ2n) is 5.24. The Morgan fingerprint density at radius 3 is 2.21 bits per heavy atom. The molecular formula is C13H28O. The zero-order chi connectivity index (χ0) is 11.0. The normalized spacial score (nSPS) is 15.9. The van der Waals surface area contributed by atoms with Crippen LogP contribution in [0, 0.1) is 5.92 Å². The summed E-state index contributed by atoms with van der Waals surface area (Å²) in [7, 11) is 0. The van der Waals surface area contributed by atoms with E-state index >= 15 is 0 Å². The van der Waals surface area contributed by atoms with Gasteiger partial charge in [-0.05, 0) is 32.1 Å². The molecular weight excluding hydrogens is 172 g/mol. The van der Waals surface area contributed by atoms with Gasteiger partial charge in [-0.25, -0.2) is 0 Å². The summed E-state index contributed by atoms with van der Waals surface area (Å²) in [6.07, 6.45) is 8.10. The van der Waals surface area contributed by atoms with Crippen molar-refractivity contribution < 1.29 is 5.11 Å². The largest absolute Gasteiger partial charge is 0.390 e. The van der Waals surface area contributed by atoms with E-state index in [1.807, 2.05) is 6.92 Å². The van der Waals surface area contributed by atoms with Crippen molar-refractivity contribution in [2.24, 2.45) is 5.92 Å². The molecule has 0 heterocycles. The van der Waals surface area contributed by atoms with Crippen molar-refractivity contribution >= 4 is 0 Å². The number of hydrogen-bond donors (Lipinski definition) is 1. The monoisotopic (exact) mass is 200 g/mol. The number of unbranched alkanes of at least 4 members (excludes halogenated alkanes) is 3. The Labute approximate surface area is 89.9 Å². The molecule has 0 saturated heterocycles. The summed E-state index contributed by atoms with van der Waals surface area (Å²) in [6, 6.07) is 0. The highest BCUT2D eigenvalue weighted by molar-refractivity contribution is 4.72. The van der Waals surface area contributed by atoms with Gasteiger partial charge in [-0.15, -0.1) is 0 Å². The first-order chi connectivity index (χ1) is 6.48. The molecule has 0 aromatic rings. The predicted octanol–water partition coefficient (Wildman–Crippen LogP) is 4.14. The third kappa shape index (κ3) is 8.55. The fraction of sp³-hybridized carbons (Fsp3) is 1.00. The molecule has 0 aromatic carbocycles. The topological polar surface area (TPSA) is 20.2 Å². The van der Waals surface area contributed by atoms with Crippen molar-refractivity contribution in [3.05, 3.63) is 0 Å². The highest BCUT2D eigenvalue weighted by Crippen LogP contribution is 2.22. The molecule has 14 heavy (non-hydrogen) atoms. The molecule has 0 radical (unpaired) electrons. The van der Waals surface area contributed by atoms with Gasteiger partial charge in [0.15, 0.2) is 0 Å². The maximum Gasteiger partial charge on any atom is 0.0619 e. The van der Waals surface area contributed by atoms with Crippen LogP contribution in [0.25, 0.3) is 0 Å². The number of rotatable bonds is 8. The molecule has 0 spiro atoms. The van der Waals surface area contributed by atoms with Crippen LogP contribution < -0.4 is 0 Å². The molecule has 1 nitrogen and oxygen atoms in total. The first-order valence-electron chi connectivity index (χ1n) is 6.20. The molecule has 1 atom stereocenters. The van der Waals surface area contributed by atoms with Crippen LogP contribution in [0.1, 0.15) is 72.6 Å². The molecule has 0 rings (SSSR count). The SMILES string of the molecule is CCCCCC[C@@](C)(O)CCC(C)C. The molecule has 1 heteroatoms. The van der Waals surface area contributed by atoms with Crippen LogP contribution in [-0.2, 0) is 0 Å². The van der Waals surface area contributed by atoms with Gasteiger partial charge in [0, 0.05) is 0 Å². The lowest BCUT2D eigenvalue weighted by Crippen LogP contribution is -2.24. The van der Waals surface area contributed by atoms with E-state index < -0.39 is 5.60 Å². The van der Waals surface area contributed by atoms with Crippen molar-refractivity contribution in [3.8, 4) is 0 Å². The second-order valence-corrected chi connectivity index (χ2v) is 5.24. The Bertz CT molecular complexity index is 127. The molecule has 86 valence electrons. The zero-order valence-corrected chi connectivity index (χ0v) is 10.5. The minimum absolute atomic E-state index is 0.419. The third-order valence-corrected chi connectivity index (χ3v) is 2.83. The first kappa shape index (κ1) is 14.0. The van der Waals surface area contributed by atoms with Crippen LogP contribution in [0.3, 0.4) is 0 Å². The van der Waals surface area contributed by atoms with Gasteiger partial charge in [0.05, 0.1) is 5.60 Å².